The van der Waals surface area contributed by atoms with Gasteiger partial charge in [-0.2, -0.15) is 0 Å². The van der Waals surface area contributed by atoms with Gasteiger partial charge in [0.25, 0.3) is 11.8 Å². The van der Waals surface area contributed by atoms with Crippen molar-refractivity contribution in [1.82, 2.24) is 15.1 Å². The van der Waals surface area contributed by atoms with Gasteiger partial charge in [-0.05, 0) is 30.7 Å². The quantitative estimate of drug-likeness (QED) is 0.587. The third-order valence-electron chi connectivity index (χ3n) is 4.95. The highest BCUT2D eigenvalue weighted by Crippen LogP contribution is 2.20. The van der Waals surface area contributed by atoms with Gasteiger partial charge in [-0.15, -0.1) is 0 Å². The van der Waals surface area contributed by atoms with Crippen molar-refractivity contribution in [2.45, 2.75) is 12.6 Å². The summed E-state index contributed by atoms with van der Waals surface area (Å²) in [4.78, 5) is 40.5. The lowest BCUT2D eigenvalue weighted by molar-refractivity contribution is -0.141. The molecule has 3 N–H and O–H groups in total. The molecule has 0 radical (unpaired) electrons. The van der Waals surface area contributed by atoms with E-state index in [2.05, 4.69) is 10.6 Å². The Morgan fingerprint density at radius 2 is 1.68 bits per heavy atom. The molecular formula is C22H25ClN4O4. The molecule has 3 amide bonds. The van der Waals surface area contributed by atoms with Crippen LogP contribution in [0.3, 0.4) is 0 Å². The van der Waals surface area contributed by atoms with Crippen LogP contribution >= 0.6 is 11.6 Å². The lowest BCUT2D eigenvalue weighted by Gasteiger charge is -2.24. The number of amides is 3. The van der Waals surface area contributed by atoms with Crippen molar-refractivity contribution in [1.29, 1.82) is 0 Å². The lowest BCUT2D eigenvalue weighted by atomic mass is 10.2. The molecule has 1 saturated heterocycles. The molecule has 8 nitrogen and oxygen atoms in total. The highest BCUT2D eigenvalue weighted by molar-refractivity contribution is 6.33. The topological polar surface area (TPSA) is 102 Å². The molecule has 0 saturated carbocycles. The molecular weight excluding hydrogens is 420 g/mol. The summed E-state index contributed by atoms with van der Waals surface area (Å²) in [5.74, 6) is -1.27. The summed E-state index contributed by atoms with van der Waals surface area (Å²) in [6, 6.07) is 15.4. The zero-order chi connectivity index (χ0) is 22.2. The van der Waals surface area contributed by atoms with Crippen molar-refractivity contribution < 1.29 is 19.5 Å². The number of carbonyl (C=O) groups excluding carboxylic acids is 3. The van der Waals surface area contributed by atoms with Crippen molar-refractivity contribution in [3.63, 3.8) is 0 Å². The average molecular weight is 445 g/mol. The van der Waals surface area contributed by atoms with Crippen LogP contribution in [0.2, 0.25) is 5.02 Å². The standard InChI is InChI=1S/C22H25ClN4O4/c23-17-9-4-5-10-18(17)24-19(28)15-26-11-6-12-27(14-13-26)22(31)21(30)25-20(29)16-7-2-1-3-8-16/h1-5,7-10,21,30H,6,11-15H2,(H,24,28)(H,25,29). The summed E-state index contributed by atoms with van der Waals surface area (Å²) in [5, 5.41) is 15.8. The Morgan fingerprint density at radius 1 is 0.968 bits per heavy atom. The third kappa shape index (κ3) is 6.52. The molecule has 3 rings (SSSR count). The van der Waals surface area contributed by atoms with Gasteiger partial charge in [0.2, 0.25) is 12.1 Å². The van der Waals surface area contributed by atoms with E-state index in [4.69, 9.17) is 11.6 Å². The fourth-order valence-electron chi connectivity index (χ4n) is 3.34. The van der Waals surface area contributed by atoms with Crippen LogP contribution in [0.4, 0.5) is 5.69 Å². The van der Waals surface area contributed by atoms with E-state index in [9.17, 15) is 19.5 Å². The zero-order valence-corrected chi connectivity index (χ0v) is 17.7. The van der Waals surface area contributed by atoms with Crippen molar-refractivity contribution >= 4 is 35.0 Å². The van der Waals surface area contributed by atoms with E-state index in [-0.39, 0.29) is 12.5 Å². The smallest absolute Gasteiger partial charge is 0.272 e. The van der Waals surface area contributed by atoms with Crippen molar-refractivity contribution in [3.8, 4) is 0 Å². The largest absolute Gasteiger partial charge is 0.365 e. The molecule has 1 aliphatic heterocycles. The van der Waals surface area contributed by atoms with E-state index in [1.807, 2.05) is 4.90 Å². The van der Waals surface area contributed by atoms with Gasteiger partial charge in [-0.1, -0.05) is 41.9 Å². The minimum absolute atomic E-state index is 0.167. The second-order valence-corrected chi connectivity index (χ2v) is 7.63. The molecule has 2 aromatic carbocycles. The lowest BCUT2D eigenvalue weighted by Crippen LogP contribution is -2.49. The highest BCUT2D eigenvalue weighted by atomic mass is 35.5. The number of rotatable bonds is 6. The van der Waals surface area contributed by atoms with Gasteiger partial charge in [-0.25, -0.2) is 0 Å². The minimum atomic E-state index is -1.62. The molecule has 1 unspecified atom stereocenters. The molecule has 0 bridgehead atoms. The predicted molar refractivity (Wildman–Crippen MR) is 118 cm³/mol. The summed E-state index contributed by atoms with van der Waals surface area (Å²) in [7, 11) is 0. The summed E-state index contributed by atoms with van der Waals surface area (Å²) >= 11 is 6.07. The van der Waals surface area contributed by atoms with E-state index in [1.54, 1.807) is 54.6 Å². The fourth-order valence-corrected chi connectivity index (χ4v) is 3.52. The number of nitrogens with zero attached hydrogens (tertiary/aromatic N) is 2. The van der Waals surface area contributed by atoms with Crippen LogP contribution in [0.15, 0.2) is 54.6 Å². The Balaban J connectivity index is 1.48. The highest BCUT2D eigenvalue weighted by Gasteiger charge is 2.26. The summed E-state index contributed by atoms with van der Waals surface area (Å²) in [6.07, 6.45) is -0.979. The van der Waals surface area contributed by atoms with Gasteiger partial charge >= 0.3 is 0 Å². The van der Waals surface area contributed by atoms with Crippen LogP contribution in [-0.4, -0.2) is 71.6 Å². The van der Waals surface area contributed by atoms with Crippen LogP contribution in [0.25, 0.3) is 0 Å². The Labute approximate surface area is 185 Å². The zero-order valence-electron chi connectivity index (χ0n) is 17.0. The first-order valence-electron chi connectivity index (χ1n) is 10.0. The van der Waals surface area contributed by atoms with Gasteiger partial charge in [-0.3, -0.25) is 19.3 Å². The van der Waals surface area contributed by atoms with Crippen molar-refractivity contribution in [2.75, 3.05) is 38.0 Å². The number of benzene rings is 2. The molecule has 0 aromatic heterocycles. The van der Waals surface area contributed by atoms with Gasteiger partial charge in [0, 0.05) is 31.7 Å². The molecule has 31 heavy (non-hydrogen) atoms. The first-order valence-corrected chi connectivity index (χ1v) is 10.4. The molecule has 0 spiro atoms. The molecule has 1 fully saturated rings. The monoisotopic (exact) mass is 444 g/mol. The van der Waals surface area contributed by atoms with Crippen LogP contribution < -0.4 is 10.6 Å². The fraction of sp³-hybridized carbons (Fsp3) is 0.318. The second kappa shape index (κ2) is 10.9. The first-order chi connectivity index (χ1) is 14.9. The Hall–Kier alpha value is -2.94. The summed E-state index contributed by atoms with van der Waals surface area (Å²) in [5.41, 5.74) is 0.916. The van der Waals surface area contributed by atoms with E-state index in [0.717, 1.165) is 0 Å². The Kier molecular flexibility index (Phi) is 8.00. The number of aliphatic hydroxyl groups excluding tert-OH is 1. The van der Waals surface area contributed by atoms with Crippen LogP contribution in [0.5, 0.6) is 0 Å². The number of carbonyl (C=O) groups is 3. The molecule has 1 aliphatic rings. The summed E-state index contributed by atoms with van der Waals surface area (Å²) < 4.78 is 0. The Bertz CT molecular complexity index is 925. The summed E-state index contributed by atoms with van der Waals surface area (Å²) in [6.45, 7) is 2.05. The second-order valence-electron chi connectivity index (χ2n) is 7.23. The number of nitrogens with one attached hydrogen (secondary N) is 2. The van der Waals surface area contributed by atoms with E-state index in [1.165, 1.54) is 4.90 Å². The van der Waals surface area contributed by atoms with Crippen LogP contribution in [0, 0.1) is 0 Å². The number of aliphatic hydroxyl groups is 1. The van der Waals surface area contributed by atoms with Gasteiger partial charge < -0.3 is 20.6 Å². The van der Waals surface area contributed by atoms with Crippen LogP contribution in [-0.2, 0) is 9.59 Å². The maximum Gasteiger partial charge on any atom is 0.272 e. The number of para-hydroxylation sites is 1. The Morgan fingerprint density at radius 3 is 2.42 bits per heavy atom. The first kappa shape index (κ1) is 22.7. The molecule has 0 aliphatic carbocycles. The third-order valence-corrected chi connectivity index (χ3v) is 5.28. The normalized spacial score (nSPS) is 15.6. The van der Waals surface area contributed by atoms with Crippen molar-refractivity contribution in [3.05, 3.63) is 65.2 Å². The van der Waals surface area contributed by atoms with E-state index in [0.29, 0.717) is 48.9 Å². The van der Waals surface area contributed by atoms with Crippen molar-refractivity contribution in [2.24, 2.45) is 0 Å². The number of hydrogen-bond acceptors (Lipinski definition) is 5. The predicted octanol–water partition coefficient (Wildman–Crippen LogP) is 1.56. The number of hydrogen-bond donors (Lipinski definition) is 3. The van der Waals surface area contributed by atoms with Gasteiger partial charge in [0.05, 0.1) is 17.3 Å². The number of anilines is 1. The SMILES string of the molecule is O=C(CN1CCCN(C(=O)C(O)NC(=O)c2ccccc2)CC1)Nc1ccccc1Cl. The van der Waals surface area contributed by atoms with Crippen LogP contribution in [0.1, 0.15) is 16.8 Å². The maximum atomic E-state index is 12.6. The van der Waals surface area contributed by atoms with Gasteiger partial charge in [0.1, 0.15) is 0 Å². The minimum Gasteiger partial charge on any atom is -0.365 e. The average Bonchev–Trinajstić information content (AvgIpc) is 3.01. The maximum absolute atomic E-state index is 12.6. The molecule has 2 aromatic rings. The van der Waals surface area contributed by atoms with Gasteiger partial charge in [0.15, 0.2) is 0 Å². The molecule has 164 valence electrons. The van der Waals surface area contributed by atoms with E-state index < -0.39 is 18.0 Å². The molecule has 1 atom stereocenters. The number of halogens is 1. The molecule has 9 heteroatoms. The van der Waals surface area contributed by atoms with E-state index >= 15 is 0 Å². The molecule has 1 heterocycles.